The molecule has 1 heterocycles. The third-order valence-corrected chi connectivity index (χ3v) is 4.32. The van der Waals surface area contributed by atoms with E-state index >= 15 is 0 Å². The van der Waals surface area contributed by atoms with Gasteiger partial charge in [0, 0.05) is 13.1 Å². The van der Waals surface area contributed by atoms with Crippen molar-refractivity contribution in [2.24, 2.45) is 11.3 Å². The van der Waals surface area contributed by atoms with Gasteiger partial charge in [-0.1, -0.05) is 6.92 Å². The fraction of sp³-hybridized carbons (Fsp3) is 0.923. The average molecular weight is 241 g/mol. The van der Waals surface area contributed by atoms with Gasteiger partial charge in [-0.15, -0.1) is 0 Å². The maximum atomic E-state index is 11.5. The largest absolute Gasteiger partial charge is 0.481 e. The summed E-state index contributed by atoms with van der Waals surface area (Å²) in [6, 6.07) is 0. The molecule has 0 aromatic rings. The first-order chi connectivity index (χ1) is 8.12. The molecule has 0 aromatic carbocycles. The van der Waals surface area contributed by atoms with Crippen LogP contribution in [0.3, 0.4) is 0 Å². The fourth-order valence-corrected chi connectivity index (χ4v) is 3.12. The van der Waals surface area contributed by atoms with Gasteiger partial charge in [-0.25, -0.2) is 0 Å². The van der Waals surface area contributed by atoms with Crippen LogP contribution in [0.2, 0.25) is 0 Å². The summed E-state index contributed by atoms with van der Waals surface area (Å²) in [6.07, 6.45) is 3.57. The molecule has 2 unspecified atom stereocenters. The topological polar surface area (TPSA) is 49.8 Å². The van der Waals surface area contributed by atoms with Crippen LogP contribution in [-0.2, 0) is 9.53 Å². The lowest BCUT2D eigenvalue weighted by Crippen LogP contribution is -2.40. The van der Waals surface area contributed by atoms with E-state index in [1.54, 1.807) is 0 Å². The molecular weight excluding hydrogens is 218 g/mol. The Kier molecular flexibility index (Phi) is 4.05. The van der Waals surface area contributed by atoms with Crippen molar-refractivity contribution in [2.45, 2.75) is 32.6 Å². The highest BCUT2D eigenvalue weighted by atomic mass is 16.5. The van der Waals surface area contributed by atoms with Gasteiger partial charge in [0.1, 0.15) is 0 Å². The number of hydrogen-bond donors (Lipinski definition) is 1. The number of hydrogen-bond acceptors (Lipinski definition) is 3. The van der Waals surface area contributed by atoms with Crippen LogP contribution in [0.25, 0.3) is 0 Å². The molecule has 4 nitrogen and oxygen atoms in total. The third-order valence-electron chi connectivity index (χ3n) is 4.32. The van der Waals surface area contributed by atoms with Crippen LogP contribution >= 0.6 is 0 Å². The molecule has 98 valence electrons. The van der Waals surface area contributed by atoms with Crippen LogP contribution < -0.4 is 0 Å². The van der Waals surface area contributed by atoms with Crippen LogP contribution in [0.5, 0.6) is 0 Å². The lowest BCUT2D eigenvalue weighted by molar-refractivity contribution is -0.149. The van der Waals surface area contributed by atoms with Crippen molar-refractivity contribution in [3.63, 3.8) is 0 Å². The lowest BCUT2D eigenvalue weighted by Gasteiger charge is -2.31. The number of ether oxygens (including phenoxy) is 1. The molecule has 2 atom stereocenters. The molecule has 4 heteroatoms. The number of rotatable bonds is 4. The number of carboxylic acid groups (broad SMARTS) is 1. The normalized spacial score (nSPS) is 35.0. The minimum absolute atomic E-state index is 0.447. The Morgan fingerprint density at radius 3 is 2.71 bits per heavy atom. The minimum atomic E-state index is -0.588. The van der Waals surface area contributed by atoms with E-state index in [0.29, 0.717) is 5.92 Å². The molecule has 1 N–H and O–H groups in total. The molecule has 0 spiro atoms. The zero-order valence-corrected chi connectivity index (χ0v) is 10.7. The molecule has 2 rings (SSSR count). The van der Waals surface area contributed by atoms with E-state index in [1.165, 1.54) is 0 Å². The number of aliphatic carboxylic acids is 1. The minimum Gasteiger partial charge on any atom is -0.481 e. The standard InChI is InChI=1S/C13H23NO3/c1-11-2-3-13(10-11,12(15)16)4-5-14-6-8-17-9-7-14/h11H,2-10H2,1H3,(H,15,16). The molecule has 0 bridgehead atoms. The summed E-state index contributed by atoms with van der Waals surface area (Å²) in [4.78, 5) is 13.8. The van der Waals surface area contributed by atoms with Crippen LogP contribution in [0, 0.1) is 11.3 Å². The van der Waals surface area contributed by atoms with E-state index in [2.05, 4.69) is 11.8 Å². The Balaban J connectivity index is 1.87. The highest BCUT2D eigenvalue weighted by Crippen LogP contribution is 2.44. The summed E-state index contributed by atoms with van der Waals surface area (Å²) in [6.45, 7) is 6.55. The maximum Gasteiger partial charge on any atom is 0.309 e. The van der Waals surface area contributed by atoms with E-state index in [9.17, 15) is 9.90 Å². The Morgan fingerprint density at radius 2 is 2.18 bits per heavy atom. The number of carbonyl (C=O) groups is 1. The van der Waals surface area contributed by atoms with Gasteiger partial charge in [0.15, 0.2) is 0 Å². The highest BCUT2D eigenvalue weighted by Gasteiger charge is 2.43. The summed E-state index contributed by atoms with van der Waals surface area (Å²) >= 11 is 0. The predicted octanol–water partition coefficient (Wildman–Crippen LogP) is 1.60. The van der Waals surface area contributed by atoms with E-state index < -0.39 is 11.4 Å². The van der Waals surface area contributed by atoms with E-state index in [1.807, 2.05) is 0 Å². The SMILES string of the molecule is CC1CCC(CCN2CCOCC2)(C(=O)O)C1. The molecule has 1 aliphatic heterocycles. The van der Waals surface area contributed by atoms with Crippen LogP contribution in [0.15, 0.2) is 0 Å². The predicted molar refractivity (Wildman–Crippen MR) is 65.0 cm³/mol. The Bertz CT molecular complexity index is 276. The van der Waals surface area contributed by atoms with Gasteiger partial charge in [0.25, 0.3) is 0 Å². The van der Waals surface area contributed by atoms with Gasteiger partial charge in [-0.3, -0.25) is 9.69 Å². The third kappa shape index (κ3) is 2.99. The van der Waals surface area contributed by atoms with Gasteiger partial charge < -0.3 is 9.84 Å². The summed E-state index contributed by atoms with van der Waals surface area (Å²) in [5.74, 6) is -0.0223. The molecule has 0 amide bonds. The molecule has 0 aromatic heterocycles. The molecule has 1 saturated heterocycles. The quantitative estimate of drug-likeness (QED) is 0.812. The Hall–Kier alpha value is -0.610. The van der Waals surface area contributed by atoms with E-state index in [4.69, 9.17) is 4.74 Å². The van der Waals surface area contributed by atoms with Crippen LogP contribution in [-0.4, -0.2) is 48.8 Å². The molecule has 0 radical (unpaired) electrons. The van der Waals surface area contributed by atoms with Crippen molar-refractivity contribution < 1.29 is 14.6 Å². The first kappa shape index (κ1) is 12.8. The zero-order valence-electron chi connectivity index (χ0n) is 10.7. The van der Waals surface area contributed by atoms with Gasteiger partial charge in [0.2, 0.25) is 0 Å². The monoisotopic (exact) mass is 241 g/mol. The fourth-order valence-electron chi connectivity index (χ4n) is 3.12. The summed E-state index contributed by atoms with van der Waals surface area (Å²) in [5, 5.41) is 9.47. The molecule has 2 fully saturated rings. The molecule has 2 aliphatic rings. The smallest absolute Gasteiger partial charge is 0.309 e. The van der Waals surface area contributed by atoms with Gasteiger partial charge >= 0.3 is 5.97 Å². The van der Waals surface area contributed by atoms with E-state index in [-0.39, 0.29) is 0 Å². The van der Waals surface area contributed by atoms with Gasteiger partial charge in [-0.05, 0) is 38.1 Å². The number of morpholine rings is 1. The highest BCUT2D eigenvalue weighted by molar-refractivity contribution is 5.75. The average Bonchev–Trinajstić information content (AvgIpc) is 2.71. The summed E-state index contributed by atoms with van der Waals surface area (Å²) in [5.41, 5.74) is -0.447. The van der Waals surface area contributed by atoms with Crippen molar-refractivity contribution >= 4 is 5.97 Å². The second-order valence-corrected chi connectivity index (χ2v) is 5.64. The molecule has 1 saturated carbocycles. The van der Waals surface area contributed by atoms with Crippen molar-refractivity contribution in [3.8, 4) is 0 Å². The Labute approximate surface area is 103 Å². The molecular formula is C13H23NO3. The van der Waals surface area contributed by atoms with E-state index in [0.717, 1.165) is 58.5 Å². The second-order valence-electron chi connectivity index (χ2n) is 5.64. The Morgan fingerprint density at radius 1 is 1.47 bits per heavy atom. The number of carboxylic acids is 1. The first-order valence-electron chi connectivity index (χ1n) is 6.66. The van der Waals surface area contributed by atoms with Crippen LogP contribution in [0.4, 0.5) is 0 Å². The van der Waals surface area contributed by atoms with Gasteiger partial charge in [-0.2, -0.15) is 0 Å². The number of nitrogens with zero attached hydrogens (tertiary/aromatic N) is 1. The summed E-state index contributed by atoms with van der Waals surface area (Å²) < 4.78 is 5.30. The van der Waals surface area contributed by atoms with Crippen molar-refractivity contribution in [3.05, 3.63) is 0 Å². The molecule has 17 heavy (non-hydrogen) atoms. The lowest BCUT2D eigenvalue weighted by atomic mass is 9.82. The van der Waals surface area contributed by atoms with Crippen molar-refractivity contribution in [1.29, 1.82) is 0 Å². The first-order valence-corrected chi connectivity index (χ1v) is 6.66. The van der Waals surface area contributed by atoms with Crippen LogP contribution in [0.1, 0.15) is 32.6 Å². The molecule has 1 aliphatic carbocycles. The second kappa shape index (κ2) is 5.36. The summed E-state index contributed by atoms with van der Waals surface area (Å²) in [7, 11) is 0. The zero-order chi connectivity index (χ0) is 12.3. The van der Waals surface area contributed by atoms with Gasteiger partial charge in [0.05, 0.1) is 18.6 Å². The maximum absolute atomic E-state index is 11.5. The van der Waals surface area contributed by atoms with Crippen molar-refractivity contribution in [2.75, 3.05) is 32.8 Å². The van der Waals surface area contributed by atoms with Crippen molar-refractivity contribution in [1.82, 2.24) is 4.90 Å².